The molecule has 0 amide bonds. The number of nitrogens with one attached hydrogen (secondary N) is 1. The highest BCUT2D eigenvalue weighted by atomic mass is 16.5. The summed E-state index contributed by atoms with van der Waals surface area (Å²) in [4.78, 5) is 4.30. The van der Waals surface area contributed by atoms with Crippen LogP contribution in [0, 0.1) is 0 Å². The average Bonchev–Trinajstić information content (AvgIpc) is 2.38. The second-order valence-electron chi connectivity index (χ2n) is 3.81. The van der Waals surface area contributed by atoms with Crippen LogP contribution in [0.25, 0.3) is 10.8 Å². The van der Waals surface area contributed by atoms with Gasteiger partial charge in [0.05, 0.1) is 19.6 Å². The molecule has 96 valence electrons. The Kier molecular flexibility index (Phi) is 3.41. The van der Waals surface area contributed by atoms with Gasteiger partial charge in [-0.15, -0.1) is 0 Å². The van der Waals surface area contributed by atoms with Crippen LogP contribution in [0.1, 0.15) is 6.92 Å². The maximum Gasteiger partial charge on any atom is 0.168 e. The summed E-state index contributed by atoms with van der Waals surface area (Å²) in [6.07, 6.45) is 1.72. The molecule has 0 aliphatic carbocycles. The Labute approximate surface area is 106 Å². The van der Waals surface area contributed by atoms with Gasteiger partial charge in [0.15, 0.2) is 11.5 Å². The number of anilines is 2. The predicted octanol–water partition coefficient (Wildman–Crippen LogP) is 2.27. The smallest absolute Gasteiger partial charge is 0.168 e. The van der Waals surface area contributed by atoms with Gasteiger partial charge in [0.25, 0.3) is 0 Å². The van der Waals surface area contributed by atoms with E-state index in [9.17, 15) is 0 Å². The molecule has 2 aromatic rings. The quantitative estimate of drug-likeness (QED) is 0.811. The zero-order valence-corrected chi connectivity index (χ0v) is 10.8. The van der Waals surface area contributed by atoms with E-state index >= 15 is 0 Å². The highest BCUT2D eigenvalue weighted by molar-refractivity contribution is 6.05. The topological polar surface area (TPSA) is 69.4 Å². The molecule has 0 spiro atoms. The van der Waals surface area contributed by atoms with E-state index in [0.717, 1.165) is 23.1 Å². The first kappa shape index (κ1) is 12.3. The number of aromatic nitrogens is 1. The lowest BCUT2D eigenvalue weighted by Gasteiger charge is -2.15. The maximum atomic E-state index is 6.07. The summed E-state index contributed by atoms with van der Waals surface area (Å²) in [7, 11) is 3.20. The van der Waals surface area contributed by atoms with Gasteiger partial charge >= 0.3 is 0 Å². The number of methoxy groups -OCH3 is 2. The van der Waals surface area contributed by atoms with E-state index in [1.807, 2.05) is 13.0 Å². The average molecular weight is 247 g/mol. The van der Waals surface area contributed by atoms with Crippen molar-refractivity contribution in [1.29, 1.82) is 0 Å². The Morgan fingerprint density at radius 3 is 2.72 bits per heavy atom. The molecule has 0 saturated heterocycles. The van der Waals surface area contributed by atoms with Gasteiger partial charge in [-0.25, -0.2) is 4.98 Å². The van der Waals surface area contributed by atoms with Crippen LogP contribution in [0.15, 0.2) is 18.3 Å². The van der Waals surface area contributed by atoms with Crippen molar-refractivity contribution in [3.05, 3.63) is 18.3 Å². The molecule has 5 heteroatoms. The normalized spacial score (nSPS) is 10.4. The van der Waals surface area contributed by atoms with Crippen molar-refractivity contribution in [3.8, 4) is 11.5 Å². The number of pyridine rings is 1. The Bertz CT molecular complexity index is 570. The van der Waals surface area contributed by atoms with Crippen LogP contribution in [-0.4, -0.2) is 25.7 Å². The minimum atomic E-state index is 0.617. The summed E-state index contributed by atoms with van der Waals surface area (Å²) in [5.41, 5.74) is 6.69. The second kappa shape index (κ2) is 5.00. The Morgan fingerprint density at radius 1 is 1.33 bits per heavy atom. The predicted molar refractivity (Wildman–Crippen MR) is 73.4 cm³/mol. The molecule has 0 unspecified atom stereocenters. The SMILES string of the molecule is CCNc1nccc2c(OC)c(OC)cc(N)c12. The van der Waals surface area contributed by atoms with Crippen molar-refractivity contribution < 1.29 is 9.47 Å². The molecule has 0 bridgehead atoms. The molecule has 3 N–H and O–H groups in total. The van der Waals surface area contributed by atoms with Crippen LogP contribution >= 0.6 is 0 Å². The summed E-state index contributed by atoms with van der Waals surface area (Å²) >= 11 is 0. The van der Waals surface area contributed by atoms with Gasteiger partial charge in [0.2, 0.25) is 0 Å². The van der Waals surface area contributed by atoms with Crippen LogP contribution in [0.5, 0.6) is 11.5 Å². The van der Waals surface area contributed by atoms with Gasteiger partial charge in [-0.05, 0) is 13.0 Å². The summed E-state index contributed by atoms with van der Waals surface area (Å²) in [5, 5.41) is 4.94. The van der Waals surface area contributed by atoms with E-state index < -0.39 is 0 Å². The van der Waals surface area contributed by atoms with Gasteiger partial charge in [0, 0.05) is 29.9 Å². The van der Waals surface area contributed by atoms with Crippen molar-refractivity contribution in [1.82, 2.24) is 4.98 Å². The fourth-order valence-corrected chi connectivity index (χ4v) is 2.02. The Hall–Kier alpha value is -2.17. The second-order valence-corrected chi connectivity index (χ2v) is 3.81. The van der Waals surface area contributed by atoms with Crippen LogP contribution in [0.3, 0.4) is 0 Å². The molecule has 0 saturated carbocycles. The molecule has 0 aliphatic heterocycles. The number of hydrogen-bond acceptors (Lipinski definition) is 5. The lowest BCUT2D eigenvalue weighted by atomic mass is 10.1. The molecular weight excluding hydrogens is 230 g/mol. The van der Waals surface area contributed by atoms with Crippen molar-refractivity contribution in [2.45, 2.75) is 6.92 Å². The Morgan fingerprint density at radius 2 is 2.11 bits per heavy atom. The fourth-order valence-electron chi connectivity index (χ4n) is 2.02. The van der Waals surface area contributed by atoms with E-state index in [1.165, 1.54) is 0 Å². The van der Waals surface area contributed by atoms with Crippen molar-refractivity contribution in [3.63, 3.8) is 0 Å². The molecule has 0 aliphatic rings. The highest BCUT2D eigenvalue weighted by Crippen LogP contribution is 2.41. The molecular formula is C13H17N3O2. The lowest BCUT2D eigenvalue weighted by molar-refractivity contribution is 0.359. The summed E-state index contributed by atoms with van der Waals surface area (Å²) in [5.74, 6) is 2.05. The molecule has 1 aromatic heterocycles. The fraction of sp³-hybridized carbons (Fsp3) is 0.308. The van der Waals surface area contributed by atoms with Gasteiger partial charge in [0.1, 0.15) is 5.82 Å². The first-order valence-corrected chi connectivity index (χ1v) is 5.76. The summed E-state index contributed by atoms with van der Waals surface area (Å²) < 4.78 is 10.7. The molecule has 0 atom stereocenters. The molecule has 2 rings (SSSR count). The maximum absolute atomic E-state index is 6.07. The number of rotatable bonds is 4. The van der Waals surface area contributed by atoms with Gasteiger partial charge < -0.3 is 20.5 Å². The molecule has 0 radical (unpaired) electrons. The molecule has 0 fully saturated rings. The molecule has 1 heterocycles. The van der Waals surface area contributed by atoms with Crippen LogP contribution in [-0.2, 0) is 0 Å². The third kappa shape index (κ3) is 1.88. The van der Waals surface area contributed by atoms with E-state index in [0.29, 0.717) is 17.2 Å². The van der Waals surface area contributed by atoms with Crippen molar-refractivity contribution in [2.75, 3.05) is 31.8 Å². The number of nitrogen functional groups attached to an aromatic ring is 1. The van der Waals surface area contributed by atoms with Crippen molar-refractivity contribution in [2.24, 2.45) is 0 Å². The minimum Gasteiger partial charge on any atom is -0.493 e. The van der Waals surface area contributed by atoms with Crippen LogP contribution < -0.4 is 20.5 Å². The first-order valence-electron chi connectivity index (χ1n) is 5.76. The number of nitrogens with two attached hydrogens (primary N) is 1. The Balaban J connectivity index is 2.80. The largest absolute Gasteiger partial charge is 0.493 e. The van der Waals surface area contributed by atoms with Gasteiger partial charge in [-0.2, -0.15) is 0 Å². The lowest BCUT2D eigenvalue weighted by Crippen LogP contribution is -2.03. The summed E-state index contributed by atoms with van der Waals surface area (Å²) in [6.45, 7) is 2.79. The molecule has 18 heavy (non-hydrogen) atoms. The van der Waals surface area contributed by atoms with E-state index in [4.69, 9.17) is 15.2 Å². The standard InChI is InChI=1S/C13H17N3O2/c1-4-15-13-11-8(5-6-16-13)12(18-3)10(17-2)7-9(11)14/h5-7H,4,14H2,1-3H3,(H,15,16). The molecule has 1 aromatic carbocycles. The number of benzene rings is 1. The van der Waals surface area contributed by atoms with E-state index in [-0.39, 0.29) is 0 Å². The highest BCUT2D eigenvalue weighted by Gasteiger charge is 2.15. The van der Waals surface area contributed by atoms with E-state index in [2.05, 4.69) is 10.3 Å². The van der Waals surface area contributed by atoms with Crippen LogP contribution in [0.2, 0.25) is 0 Å². The van der Waals surface area contributed by atoms with Crippen molar-refractivity contribution >= 4 is 22.3 Å². The third-order valence-electron chi connectivity index (χ3n) is 2.76. The monoisotopic (exact) mass is 247 g/mol. The first-order chi connectivity index (χ1) is 8.72. The number of ether oxygens (including phenoxy) is 2. The minimum absolute atomic E-state index is 0.617. The number of nitrogens with zero attached hydrogens (tertiary/aromatic N) is 1. The van der Waals surface area contributed by atoms with Gasteiger partial charge in [-0.3, -0.25) is 0 Å². The zero-order chi connectivity index (χ0) is 13.1. The third-order valence-corrected chi connectivity index (χ3v) is 2.76. The number of hydrogen-bond donors (Lipinski definition) is 2. The zero-order valence-electron chi connectivity index (χ0n) is 10.8. The number of fused-ring (bicyclic) bond motifs is 1. The van der Waals surface area contributed by atoms with Crippen LogP contribution in [0.4, 0.5) is 11.5 Å². The summed E-state index contributed by atoms with van der Waals surface area (Å²) in [6, 6.07) is 3.62. The van der Waals surface area contributed by atoms with Gasteiger partial charge in [-0.1, -0.05) is 0 Å². The van der Waals surface area contributed by atoms with E-state index in [1.54, 1.807) is 26.5 Å². The molecule has 5 nitrogen and oxygen atoms in total.